The van der Waals surface area contributed by atoms with Crippen molar-refractivity contribution in [2.24, 2.45) is 5.41 Å². The van der Waals surface area contributed by atoms with Gasteiger partial charge in [0.1, 0.15) is 0 Å². The number of benzene rings is 1. The van der Waals surface area contributed by atoms with Crippen molar-refractivity contribution in [2.75, 3.05) is 13.1 Å². The van der Waals surface area contributed by atoms with Crippen LogP contribution in [0, 0.1) is 5.41 Å². The number of carboxylic acid groups (broad SMARTS) is 1. The molecule has 1 aromatic carbocycles. The van der Waals surface area contributed by atoms with Crippen LogP contribution >= 0.6 is 0 Å². The van der Waals surface area contributed by atoms with E-state index in [1.807, 2.05) is 30.3 Å². The van der Waals surface area contributed by atoms with Crippen LogP contribution in [-0.2, 0) is 16.0 Å². The number of likely N-dealkylation sites (tertiary alicyclic amines) is 1. The highest BCUT2D eigenvalue weighted by Gasteiger charge is 2.39. The van der Waals surface area contributed by atoms with Gasteiger partial charge in [-0.05, 0) is 31.4 Å². The van der Waals surface area contributed by atoms with Crippen molar-refractivity contribution >= 4 is 22.8 Å². The number of pyridine rings is 1. The summed E-state index contributed by atoms with van der Waals surface area (Å²) in [5, 5.41) is 10.4. The largest absolute Gasteiger partial charge is 0.481 e. The molecule has 1 aliphatic rings. The number of fused-ring (bicyclic) bond motifs is 1. The Kier molecular flexibility index (Phi) is 4.03. The molecule has 0 spiro atoms. The Balaban J connectivity index is 1.80. The second-order valence-electron chi connectivity index (χ2n) is 6.45. The summed E-state index contributed by atoms with van der Waals surface area (Å²) in [5.41, 5.74) is 0.877. The lowest BCUT2D eigenvalue weighted by Crippen LogP contribution is -2.48. The number of aliphatic carboxylic acids is 1. The van der Waals surface area contributed by atoms with Gasteiger partial charge in [0.05, 0.1) is 17.4 Å². The van der Waals surface area contributed by atoms with Crippen molar-refractivity contribution < 1.29 is 14.7 Å². The molecule has 0 bridgehead atoms. The molecule has 120 valence electrons. The highest BCUT2D eigenvalue weighted by molar-refractivity contribution is 5.88. The van der Waals surface area contributed by atoms with E-state index in [4.69, 9.17) is 0 Å². The first-order chi connectivity index (χ1) is 11.0. The Hall–Kier alpha value is -2.43. The number of hydrogen-bond acceptors (Lipinski definition) is 3. The molecule has 2 aromatic rings. The molecule has 1 aromatic heterocycles. The standard InChI is InChI=1S/C18H20N2O3/c1-18(17(22)23)8-4-10-20(12-18)15(21)11-14-6-2-5-13-7-3-9-19-16(13)14/h2-3,5-7,9H,4,8,10-12H2,1H3,(H,22,23). The molecule has 1 saturated heterocycles. The van der Waals surface area contributed by atoms with Crippen LogP contribution in [0.25, 0.3) is 10.9 Å². The number of carbonyl (C=O) groups is 2. The normalized spacial score (nSPS) is 21.3. The molecule has 1 N–H and O–H groups in total. The van der Waals surface area contributed by atoms with Gasteiger partial charge in [0.15, 0.2) is 0 Å². The molecule has 1 aliphatic heterocycles. The molecular formula is C18H20N2O3. The third-order valence-electron chi connectivity index (χ3n) is 4.62. The minimum Gasteiger partial charge on any atom is -0.481 e. The topological polar surface area (TPSA) is 70.5 Å². The van der Waals surface area contributed by atoms with Gasteiger partial charge >= 0.3 is 5.97 Å². The molecule has 0 radical (unpaired) electrons. The first kappa shape index (κ1) is 15.5. The fraction of sp³-hybridized carbons (Fsp3) is 0.389. The van der Waals surface area contributed by atoms with Gasteiger partial charge in [-0.1, -0.05) is 24.3 Å². The zero-order valence-corrected chi connectivity index (χ0v) is 13.2. The maximum Gasteiger partial charge on any atom is 0.311 e. The fourth-order valence-electron chi connectivity index (χ4n) is 3.21. The molecular weight excluding hydrogens is 292 g/mol. The molecule has 3 rings (SSSR count). The predicted octanol–water partition coefficient (Wildman–Crippen LogP) is 2.49. The Morgan fingerprint density at radius 3 is 2.87 bits per heavy atom. The Labute approximate surface area is 134 Å². The summed E-state index contributed by atoms with van der Waals surface area (Å²) in [4.78, 5) is 30.1. The lowest BCUT2D eigenvalue weighted by molar-refractivity contribution is -0.153. The average Bonchev–Trinajstić information content (AvgIpc) is 2.55. The first-order valence-corrected chi connectivity index (χ1v) is 7.83. The van der Waals surface area contributed by atoms with Gasteiger partial charge in [0.25, 0.3) is 0 Å². The Morgan fingerprint density at radius 2 is 2.09 bits per heavy atom. The minimum absolute atomic E-state index is 0.0321. The molecule has 0 aliphatic carbocycles. The maximum atomic E-state index is 12.6. The lowest BCUT2D eigenvalue weighted by atomic mass is 9.82. The summed E-state index contributed by atoms with van der Waals surface area (Å²) in [6.07, 6.45) is 3.31. The molecule has 1 fully saturated rings. The van der Waals surface area contributed by atoms with E-state index in [1.165, 1.54) is 0 Å². The van der Waals surface area contributed by atoms with Crippen LogP contribution in [-0.4, -0.2) is 40.0 Å². The second-order valence-corrected chi connectivity index (χ2v) is 6.45. The van der Waals surface area contributed by atoms with Crippen molar-refractivity contribution in [3.05, 3.63) is 42.1 Å². The van der Waals surface area contributed by atoms with Crippen LogP contribution < -0.4 is 0 Å². The molecule has 2 heterocycles. The number of carboxylic acids is 1. The highest BCUT2D eigenvalue weighted by Crippen LogP contribution is 2.30. The second kappa shape index (κ2) is 5.99. The molecule has 1 amide bonds. The zero-order chi connectivity index (χ0) is 16.4. The van der Waals surface area contributed by atoms with Gasteiger partial charge in [-0.25, -0.2) is 0 Å². The first-order valence-electron chi connectivity index (χ1n) is 7.83. The van der Waals surface area contributed by atoms with Crippen molar-refractivity contribution in [2.45, 2.75) is 26.2 Å². The summed E-state index contributed by atoms with van der Waals surface area (Å²) < 4.78 is 0. The van der Waals surface area contributed by atoms with Crippen LogP contribution in [0.5, 0.6) is 0 Å². The van der Waals surface area contributed by atoms with Gasteiger partial charge in [-0.3, -0.25) is 14.6 Å². The molecule has 0 saturated carbocycles. The third-order valence-corrected chi connectivity index (χ3v) is 4.62. The molecule has 1 unspecified atom stereocenters. The van der Waals surface area contributed by atoms with Crippen molar-refractivity contribution in [1.82, 2.24) is 9.88 Å². The number of hydrogen-bond donors (Lipinski definition) is 1. The van der Waals surface area contributed by atoms with E-state index in [2.05, 4.69) is 4.98 Å². The van der Waals surface area contributed by atoms with Gasteiger partial charge in [0.2, 0.25) is 5.91 Å². The summed E-state index contributed by atoms with van der Waals surface area (Å²) in [7, 11) is 0. The monoisotopic (exact) mass is 312 g/mol. The van der Waals surface area contributed by atoms with Gasteiger partial charge in [-0.15, -0.1) is 0 Å². The van der Waals surface area contributed by atoms with Crippen LogP contribution in [0.15, 0.2) is 36.5 Å². The quantitative estimate of drug-likeness (QED) is 0.945. The number of nitrogens with zero attached hydrogens (tertiary/aromatic N) is 2. The molecule has 1 atom stereocenters. The Morgan fingerprint density at radius 1 is 1.30 bits per heavy atom. The zero-order valence-electron chi connectivity index (χ0n) is 13.2. The number of rotatable bonds is 3. The van der Waals surface area contributed by atoms with Crippen LogP contribution in [0.4, 0.5) is 0 Å². The highest BCUT2D eigenvalue weighted by atomic mass is 16.4. The van der Waals surface area contributed by atoms with E-state index < -0.39 is 11.4 Å². The van der Waals surface area contributed by atoms with E-state index in [0.29, 0.717) is 13.0 Å². The number of piperidine rings is 1. The maximum absolute atomic E-state index is 12.6. The van der Waals surface area contributed by atoms with E-state index in [0.717, 1.165) is 22.9 Å². The van der Waals surface area contributed by atoms with Crippen molar-refractivity contribution in [3.63, 3.8) is 0 Å². The van der Waals surface area contributed by atoms with Crippen LogP contribution in [0.1, 0.15) is 25.3 Å². The Bertz CT molecular complexity index is 754. The molecule has 5 heteroatoms. The third kappa shape index (κ3) is 3.04. The summed E-state index contributed by atoms with van der Waals surface area (Å²) in [6.45, 7) is 2.62. The summed E-state index contributed by atoms with van der Waals surface area (Å²) in [6, 6.07) is 9.64. The SMILES string of the molecule is CC1(C(=O)O)CCCN(C(=O)Cc2cccc3cccnc23)C1. The lowest BCUT2D eigenvalue weighted by Gasteiger charge is -2.37. The number of aromatic nitrogens is 1. The van der Waals surface area contributed by atoms with Gasteiger partial charge in [0, 0.05) is 24.7 Å². The van der Waals surface area contributed by atoms with Crippen molar-refractivity contribution in [3.8, 4) is 0 Å². The van der Waals surface area contributed by atoms with E-state index in [-0.39, 0.29) is 18.9 Å². The summed E-state index contributed by atoms with van der Waals surface area (Å²) in [5.74, 6) is -0.864. The number of amides is 1. The van der Waals surface area contributed by atoms with E-state index in [1.54, 1.807) is 18.0 Å². The number of para-hydroxylation sites is 1. The van der Waals surface area contributed by atoms with Gasteiger partial charge in [-0.2, -0.15) is 0 Å². The van der Waals surface area contributed by atoms with E-state index >= 15 is 0 Å². The van der Waals surface area contributed by atoms with Crippen molar-refractivity contribution in [1.29, 1.82) is 0 Å². The van der Waals surface area contributed by atoms with Crippen LogP contribution in [0.2, 0.25) is 0 Å². The van der Waals surface area contributed by atoms with Crippen LogP contribution in [0.3, 0.4) is 0 Å². The van der Waals surface area contributed by atoms with Gasteiger partial charge < -0.3 is 10.0 Å². The average molecular weight is 312 g/mol. The smallest absolute Gasteiger partial charge is 0.311 e. The molecule has 5 nitrogen and oxygen atoms in total. The minimum atomic E-state index is -0.842. The predicted molar refractivity (Wildman–Crippen MR) is 87.0 cm³/mol. The van der Waals surface area contributed by atoms with E-state index in [9.17, 15) is 14.7 Å². The molecule has 23 heavy (non-hydrogen) atoms. The number of carbonyl (C=O) groups excluding carboxylic acids is 1. The fourth-order valence-corrected chi connectivity index (χ4v) is 3.21. The summed E-state index contributed by atoms with van der Waals surface area (Å²) >= 11 is 0.